The predicted octanol–water partition coefficient (Wildman–Crippen LogP) is 5.02. The van der Waals surface area contributed by atoms with Crippen molar-refractivity contribution in [2.75, 3.05) is 6.26 Å². The van der Waals surface area contributed by atoms with E-state index in [0.29, 0.717) is 17.9 Å². The number of Topliss-reactive ketones (excluding diaryl/α,β-unsaturated/α-hetero) is 1. The molecule has 0 amide bonds. The number of aryl methyl sites for hydroxylation is 1. The molecule has 0 fully saturated rings. The van der Waals surface area contributed by atoms with E-state index in [-0.39, 0.29) is 11.6 Å². The average Bonchev–Trinajstić information content (AvgIpc) is 2.43. The van der Waals surface area contributed by atoms with Crippen LogP contribution < -0.4 is 0 Å². The summed E-state index contributed by atoms with van der Waals surface area (Å²) in [7, 11) is 0. The Morgan fingerprint density at radius 2 is 2.00 bits per heavy atom. The Labute approximate surface area is 127 Å². The zero-order valence-electron chi connectivity index (χ0n) is 11.0. The molecule has 0 N–H and O–H groups in total. The third-order valence-corrected chi connectivity index (χ3v) is 3.98. The molecule has 0 bridgehead atoms. The Balaban J connectivity index is 2.08. The topological polar surface area (TPSA) is 17.1 Å². The minimum absolute atomic E-state index is 0.0651. The van der Waals surface area contributed by atoms with Crippen molar-refractivity contribution in [1.29, 1.82) is 0 Å². The molecule has 0 aliphatic carbocycles. The quantitative estimate of drug-likeness (QED) is 0.570. The van der Waals surface area contributed by atoms with Gasteiger partial charge in [0, 0.05) is 21.9 Å². The molecule has 0 heterocycles. The molecule has 2 aromatic carbocycles. The molecule has 104 valence electrons. The van der Waals surface area contributed by atoms with E-state index < -0.39 is 0 Å². The van der Waals surface area contributed by atoms with Crippen LogP contribution in [0, 0.1) is 5.82 Å². The van der Waals surface area contributed by atoms with E-state index in [1.54, 1.807) is 17.8 Å². The second kappa shape index (κ2) is 6.91. The highest BCUT2D eigenvalue weighted by Crippen LogP contribution is 2.22. The maximum Gasteiger partial charge on any atom is 0.164 e. The summed E-state index contributed by atoms with van der Waals surface area (Å²) in [5, 5.41) is 0.358. The Morgan fingerprint density at radius 3 is 2.70 bits per heavy atom. The molecule has 4 heteroatoms. The minimum Gasteiger partial charge on any atom is -0.294 e. The lowest BCUT2D eigenvalue weighted by molar-refractivity contribution is 0.0980. The fraction of sp³-hybridized carbons (Fsp3) is 0.188. The molecule has 0 atom stereocenters. The lowest BCUT2D eigenvalue weighted by atomic mass is 10.0. The fourth-order valence-electron chi connectivity index (χ4n) is 2.02. The molecule has 0 radical (unpaired) electrons. The highest BCUT2D eigenvalue weighted by Gasteiger charge is 2.11. The summed E-state index contributed by atoms with van der Waals surface area (Å²) in [5.74, 6) is -0.306. The van der Waals surface area contributed by atoms with Crippen LogP contribution in [0.3, 0.4) is 0 Å². The second-order valence-electron chi connectivity index (χ2n) is 4.40. The number of carbonyl (C=O) groups excluding carboxylic acids is 1. The maximum absolute atomic E-state index is 13.2. The van der Waals surface area contributed by atoms with E-state index in [0.717, 1.165) is 16.0 Å². The maximum atomic E-state index is 13.2. The molecular weight excluding hydrogens is 295 g/mol. The van der Waals surface area contributed by atoms with Gasteiger partial charge < -0.3 is 0 Å². The largest absolute Gasteiger partial charge is 0.294 e. The van der Waals surface area contributed by atoms with Crippen LogP contribution in [0.4, 0.5) is 4.39 Å². The average molecular weight is 309 g/mol. The van der Waals surface area contributed by atoms with E-state index in [2.05, 4.69) is 0 Å². The molecule has 0 saturated heterocycles. The summed E-state index contributed by atoms with van der Waals surface area (Å²) in [5.41, 5.74) is 1.47. The highest BCUT2D eigenvalue weighted by molar-refractivity contribution is 7.98. The third-order valence-electron chi connectivity index (χ3n) is 2.97. The molecule has 0 aliphatic rings. The molecule has 2 aromatic rings. The first-order chi connectivity index (χ1) is 9.60. The Hall–Kier alpha value is -1.32. The minimum atomic E-state index is -0.371. The first-order valence-corrected chi connectivity index (χ1v) is 7.81. The number of benzene rings is 2. The molecule has 1 nitrogen and oxygen atoms in total. The van der Waals surface area contributed by atoms with Crippen molar-refractivity contribution in [3.8, 4) is 0 Å². The Bertz CT molecular complexity index is 607. The van der Waals surface area contributed by atoms with E-state index in [1.165, 1.54) is 12.1 Å². The number of hydrogen-bond acceptors (Lipinski definition) is 2. The van der Waals surface area contributed by atoms with Crippen LogP contribution in [0.25, 0.3) is 0 Å². The predicted molar refractivity (Wildman–Crippen MR) is 82.3 cm³/mol. The van der Waals surface area contributed by atoms with Crippen molar-refractivity contribution < 1.29 is 9.18 Å². The fourth-order valence-corrected chi connectivity index (χ4v) is 2.88. The summed E-state index contributed by atoms with van der Waals surface area (Å²) in [6, 6.07) is 11.9. The van der Waals surface area contributed by atoms with Crippen LogP contribution in [0.2, 0.25) is 5.02 Å². The van der Waals surface area contributed by atoms with Crippen molar-refractivity contribution in [3.63, 3.8) is 0 Å². The summed E-state index contributed by atoms with van der Waals surface area (Å²) in [6.45, 7) is 0. The van der Waals surface area contributed by atoms with Crippen LogP contribution in [0.15, 0.2) is 47.4 Å². The van der Waals surface area contributed by atoms with Crippen molar-refractivity contribution in [2.45, 2.75) is 17.7 Å². The number of carbonyl (C=O) groups is 1. The van der Waals surface area contributed by atoms with Gasteiger partial charge in [0.2, 0.25) is 0 Å². The van der Waals surface area contributed by atoms with Crippen LogP contribution >= 0.6 is 23.4 Å². The van der Waals surface area contributed by atoms with Gasteiger partial charge in [0.25, 0.3) is 0 Å². The zero-order chi connectivity index (χ0) is 14.5. The molecule has 0 unspecified atom stereocenters. The monoisotopic (exact) mass is 308 g/mol. The highest BCUT2D eigenvalue weighted by atomic mass is 35.5. The third kappa shape index (κ3) is 3.84. The SMILES string of the molecule is CSc1ccccc1C(=O)CCc1cc(F)cc(Cl)c1. The Kier molecular flexibility index (Phi) is 5.21. The van der Waals surface area contributed by atoms with Crippen LogP contribution in [-0.4, -0.2) is 12.0 Å². The summed E-state index contributed by atoms with van der Waals surface area (Å²) >= 11 is 7.35. The summed E-state index contributed by atoms with van der Waals surface area (Å²) in [6.07, 6.45) is 2.77. The number of ketones is 1. The first-order valence-electron chi connectivity index (χ1n) is 6.21. The van der Waals surface area contributed by atoms with Gasteiger partial charge >= 0.3 is 0 Å². The van der Waals surface area contributed by atoms with Gasteiger partial charge in [-0.25, -0.2) is 4.39 Å². The molecule has 0 spiro atoms. The first kappa shape index (κ1) is 15.1. The lowest BCUT2D eigenvalue weighted by Crippen LogP contribution is -2.03. The molecule has 20 heavy (non-hydrogen) atoms. The van der Waals surface area contributed by atoms with Crippen LogP contribution in [0.5, 0.6) is 0 Å². The van der Waals surface area contributed by atoms with Gasteiger partial charge in [-0.05, 0) is 42.5 Å². The van der Waals surface area contributed by atoms with Gasteiger partial charge in [-0.15, -0.1) is 11.8 Å². The molecule has 0 aliphatic heterocycles. The molecule has 0 aromatic heterocycles. The van der Waals surface area contributed by atoms with E-state index in [1.807, 2.05) is 30.5 Å². The van der Waals surface area contributed by atoms with Crippen molar-refractivity contribution in [3.05, 3.63) is 64.4 Å². The Morgan fingerprint density at radius 1 is 1.25 bits per heavy atom. The van der Waals surface area contributed by atoms with E-state index in [4.69, 9.17) is 11.6 Å². The number of thioether (sulfide) groups is 1. The molecule has 2 rings (SSSR count). The van der Waals surface area contributed by atoms with Gasteiger partial charge in [-0.2, -0.15) is 0 Å². The number of hydrogen-bond donors (Lipinski definition) is 0. The van der Waals surface area contributed by atoms with Crippen LogP contribution in [-0.2, 0) is 6.42 Å². The van der Waals surface area contributed by atoms with Crippen LogP contribution in [0.1, 0.15) is 22.3 Å². The lowest BCUT2D eigenvalue weighted by Gasteiger charge is -2.06. The van der Waals surface area contributed by atoms with Gasteiger partial charge in [-0.3, -0.25) is 4.79 Å². The standard InChI is InChI=1S/C16H14ClFOS/c1-20-16-5-3-2-4-14(16)15(19)7-6-11-8-12(17)10-13(18)9-11/h2-5,8-10H,6-7H2,1H3. The smallest absolute Gasteiger partial charge is 0.164 e. The van der Waals surface area contributed by atoms with Crippen molar-refractivity contribution >= 4 is 29.1 Å². The second-order valence-corrected chi connectivity index (χ2v) is 5.69. The molecular formula is C16H14ClFOS. The van der Waals surface area contributed by atoms with E-state index >= 15 is 0 Å². The van der Waals surface area contributed by atoms with Gasteiger partial charge in [0.05, 0.1) is 0 Å². The van der Waals surface area contributed by atoms with Crippen molar-refractivity contribution in [2.24, 2.45) is 0 Å². The summed E-state index contributed by atoms with van der Waals surface area (Å²) < 4.78 is 13.2. The summed E-state index contributed by atoms with van der Waals surface area (Å²) in [4.78, 5) is 13.2. The molecule has 0 saturated carbocycles. The van der Waals surface area contributed by atoms with Gasteiger partial charge in [0.15, 0.2) is 5.78 Å². The van der Waals surface area contributed by atoms with Gasteiger partial charge in [0.1, 0.15) is 5.82 Å². The normalized spacial score (nSPS) is 10.6. The van der Waals surface area contributed by atoms with Gasteiger partial charge in [-0.1, -0.05) is 29.8 Å². The number of rotatable bonds is 5. The van der Waals surface area contributed by atoms with Crippen molar-refractivity contribution in [1.82, 2.24) is 0 Å². The van der Waals surface area contributed by atoms with E-state index in [9.17, 15) is 9.18 Å². The number of halogens is 2. The zero-order valence-corrected chi connectivity index (χ0v) is 12.6.